The molecule has 4 N–H and O–H groups in total. The third-order valence-electron chi connectivity index (χ3n) is 15.2. The Bertz CT molecular complexity index is 2250. The van der Waals surface area contributed by atoms with Gasteiger partial charge in [0.25, 0.3) is 17.7 Å². The van der Waals surface area contributed by atoms with Crippen LogP contribution >= 0.6 is 0 Å². The first kappa shape index (κ1) is 60.4. The molecule has 0 aliphatic carbocycles. The quantitative estimate of drug-likeness (QED) is 0.0702. The first-order valence-electron chi connectivity index (χ1n) is 26.9. The lowest BCUT2D eigenvalue weighted by atomic mass is 9.89. The zero-order valence-electron chi connectivity index (χ0n) is 45.8. The lowest BCUT2D eigenvalue weighted by Gasteiger charge is -2.41. The van der Waals surface area contributed by atoms with Gasteiger partial charge in [0.1, 0.15) is 18.1 Å². The van der Waals surface area contributed by atoms with Gasteiger partial charge in [0.2, 0.25) is 23.6 Å². The Morgan fingerprint density at radius 1 is 0.893 bits per heavy atom. The van der Waals surface area contributed by atoms with Crippen molar-refractivity contribution in [3.05, 3.63) is 36.0 Å². The first-order chi connectivity index (χ1) is 35.7. The van der Waals surface area contributed by atoms with Crippen molar-refractivity contribution in [2.45, 2.75) is 174 Å². The lowest BCUT2D eigenvalue weighted by molar-refractivity contribution is -0.199. The number of fused-ring (bicyclic) bond motifs is 1. The maximum atomic E-state index is 14.6. The summed E-state index contributed by atoms with van der Waals surface area (Å²) in [5.41, 5.74) is 1.79. The van der Waals surface area contributed by atoms with Crippen molar-refractivity contribution in [1.82, 2.24) is 40.4 Å². The molecule has 3 fully saturated rings. The maximum absolute atomic E-state index is 14.6. The Hall–Kier alpha value is -5.48. The van der Waals surface area contributed by atoms with Gasteiger partial charge in [-0.25, -0.2) is 9.86 Å². The molecule has 3 saturated heterocycles. The number of nitrogens with one attached hydrogen (secondary N) is 3. The number of aromatic amines is 1. The van der Waals surface area contributed by atoms with Gasteiger partial charge in [-0.3, -0.25) is 43.3 Å². The number of aliphatic hydroxyl groups is 1. The highest BCUT2D eigenvalue weighted by Gasteiger charge is 2.44. The number of unbranched alkanes of at least 4 members (excludes halogenated alkanes) is 2. The number of carbonyl (C=O) groups is 8. The van der Waals surface area contributed by atoms with Gasteiger partial charge < -0.3 is 44.8 Å². The van der Waals surface area contributed by atoms with E-state index in [1.54, 1.807) is 35.7 Å². The average Bonchev–Trinajstić information content (AvgIpc) is 4.13. The molecule has 1 aromatic carbocycles. The number of rotatable bonds is 28. The highest BCUT2D eigenvalue weighted by Crippen LogP contribution is 2.30. The molecule has 0 bridgehead atoms. The summed E-state index contributed by atoms with van der Waals surface area (Å²) >= 11 is 0. The molecule has 1 unspecified atom stereocenters. The molecule has 3 aliphatic heterocycles. The normalized spacial score (nSPS) is 19.9. The smallest absolute Gasteiger partial charge is 0.333 e. The van der Waals surface area contributed by atoms with E-state index in [2.05, 4.69) is 15.6 Å². The fourth-order valence-corrected chi connectivity index (χ4v) is 10.8. The minimum absolute atomic E-state index is 0.00908. The summed E-state index contributed by atoms with van der Waals surface area (Å²) in [6, 6.07) is 3.76. The van der Waals surface area contributed by atoms with Crippen LogP contribution in [0.2, 0.25) is 0 Å². The van der Waals surface area contributed by atoms with E-state index in [4.69, 9.17) is 19.1 Å². The van der Waals surface area contributed by atoms with Gasteiger partial charge >= 0.3 is 5.97 Å². The number of para-hydroxylation sites is 1. The van der Waals surface area contributed by atoms with Crippen molar-refractivity contribution < 1.29 is 62.6 Å². The van der Waals surface area contributed by atoms with E-state index in [9.17, 15) is 43.5 Å². The van der Waals surface area contributed by atoms with Crippen molar-refractivity contribution in [1.29, 1.82) is 0 Å². The van der Waals surface area contributed by atoms with Crippen LogP contribution in [0.1, 0.15) is 124 Å². The number of likely N-dealkylation sites (tertiary alicyclic amines) is 1. The molecule has 3 aliphatic rings. The van der Waals surface area contributed by atoms with Crippen LogP contribution in [0.5, 0.6) is 0 Å². The van der Waals surface area contributed by atoms with Crippen molar-refractivity contribution in [2.75, 3.05) is 54.6 Å². The summed E-state index contributed by atoms with van der Waals surface area (Å²) in [6.45, 7) is 12.5. The number of hydroxylamine groups is 4. The van der Waals surface area contributed by atoms with E-state index in [1.165, 1.54) is 26.2 Å². The number of imide groups is 1. The van der Waals surface area contributed by atoms with Crippen LogP contribution < -0.4 is 10.6 Å². The molecule has 10 atom stereocenters. The number of aliphatic hydroxyl groups excluding tert-OH is 1. The standard InChI is InChI=1S/C54H84N8O13/c1-11-34(4)48(59(8)54(71)47(33(2)3)57-52(69)49(36(6)63)58(7)26-16-12-13-23-46(67)75-62-43(64)24-25-44(62)65)42(72-9)31-45(66)60-27-19-22-41(60)50(73-10)35(5)51(68)56-40(53(70)61-28-17-18-29-74-61)30-37-32-55-39-21-15-14-20-38(37)39/h14-15,20-21,32-36,40-42,47-50,55,63H,11-13,16-19,22-31H2,1-10H3,(H,56,68)(H,57,69)/t34-,35+,36?,40-,41-,42+,47-,48-,49-,50+/m0/s1. The van der Waals surface area contributed by atoms with Crippen LogP contribution in [-0.4, -0.2) is 185 Å². The summed E-state index contributed by atoms with van der Waals surface area (Å²) < 4.78 is 12.2. The van der Waals surface area contributed by atoms with Gasteiger partial charge in [-0.05, 0) is 82.5 Å². The van der Waals surface area contributed by atoms with Crippen LogP contribution in [0.25, 0.3) is 10.9 Å². The average molecular weight is 1050 g/mol. The van der Waals surface area contributed by atoms with Crippen molar-refractivity contribution >= 4 is 58.2 Å². The number of likely N-dealkylation sites (N-methyl/N-ethyl adjacent to an activating group) is 2. The van der Waals surface area contributed by atoms with Crippen LogP contribution in [0.3, 0.4) is 0 Å². The van der Waals surface area contributed by atoms with Crippen LogP contribution in [0, 0.1) is 17.8 Å². The Kier molecular flexibility index (Phi) is 23.0. The van der Waals surface area contributed by atoms with Gasteiger partial charge in [0, 0.05) is 77.1 Å². The van der Waals surface area contributed by atoms with Gasteiger partial charge in [-0.2, -0.15) is 0 Å². The lowest BCUT2D eigenvalue weighted by Crippen LogP contribution is -2.60. The molecule has 4 heterocycles. The van der Waals surface area contributed by atoms with Gasteiger partial charge in [-0.15, -0.1) is 5.06 Å². The van der Waals surface area contributed by atoms with Gasteiger partial charge in [0.05, 0.1) is 49.3 Å². The fraction of sp³-hybridized carbons (Fsp3) is 0.704. The minimum atomic E-state index is -1.11. The van der Waals surface area contributed by atoms with E-state index < -0.39 is 84.0 Å². The number of H-pyrrole nitrogens is 1. The van der Waals surface area contributed by atoms with E-state index >= 15 is 0 Å². The van der Waals surface area contributed by atoms with Crippen LogP contribution in [0.15, 0.2) is 30.5 Å². The summed E-state index contributed by atoms with van der Waals surface area (Å²) in [5.74, 6) is -4.96. The molecule has 1 aromatic heterocycles. The Balaban J connectivity index is 1.22. The van der Waals surface area contributed by atoms with Gasteiger partial charge in [-0.1, -0.05) is 65.7 Å². The molecule has 0 spiro atoms. The number of carbonyl (C=O) groups excluding carboxylic acids is 8. The molecular weight excluding hydrogens is 969 g/mol. The number of nitrogens with zero attached hydrogens (tertiary/aromatic N) is 5. The maximum Gasteiger partial charge on any atom is 0.333 e. The van der Waals surface area contributed by atoms with E-state index in [0.717, 1.165) is 29.3 Å². The second-order valence-corrected chi connectivity index (χ2v) is 20.9. The van der Waals surface area contributed by atoms with E-state index in [1.807, 2.05) is 58.2 Å². The predicted molar refractivity (Wildman–Crippen MR) is 277 cm³/mol. The third-order valence-corrected chi connectivity index (χ3v) is 15.2. The molecule has 5 rings (SSSR count). The number of ether oxygens (including phenoxy) is 2. The third kappa shape index (κ3) is 15.6. The zero-order valence-corrected chi connectivity index (χ0v) is 45.8. The molecule has 0 saturated carbocycles. The fourth-order valence-electron chi connectivity index (χ4n) is 10.8. The first-order valence-corrected chi connectivity index (χ1v) is 26.9. The van der Waals surface area contributed by atoms with Crippen molar-refractivity contribution in [3.63, 3.8) is 0 Å². The molecule has 0 radical (unpaired) electrons. The van der Waals surface area contributed by atoms with Crippen LogP contribution in [-0.2, 0) is 63.9 Å². The summed E-state index contributed by atoms with van der Waals surface area (Å²) in [6.07, 6.45) is 4.44. The van der Waals surface area contributed by atoms with Crippen LogP contribution in [0.4, 0.5) is 0 Å². The number of benzene rings is 1. The zero-order chi connectivity index (χ0) is 55.1. The van der Waals surface area contributed by atoms with Crippen molar-refractivity contribution in [3.8, 4) is 0 Å². The topological polar surface area (TPSA) is 250 Å². The molecular formula is C54H84N8O13. The number of aromatic nitrogens is 1. The minimum Gasteiger partial charge on any atom is -0.391 e. The second-order valence-electron chi connectivity index (χ2n) is 20.9. The SMILES string of the molecule is CC[C@H](C)[C@@H]([C@@H](CC(=O)N1CCC[C@H]1[C@H](OC)[C@@H](C)C(=O)N[C@@H](Cc1c[nH]c2ccccc12)C(=O)N1CCCCO1)OC)N(C)C(=O)[C@@H](NC(=O)[C@H](C(C)O)N(C)CCCCCC(=O)ON1C(=O)CCC1=O)C(C)C. The number of amides is 7. The largest absolute Gasteiger partial charge is 0.391 e. The van der Waals surface area contributed by atoms with Gasteiger partial charge in [0.15, 0.2) is 0 Å². The predicted octanol–water partition coefficient (Wildman–Crippen LogP) is 3.66. The monoisotopic (exact) mass is 1050 g/mol. The number of hydrogen-bond acceptors (Lipinski definition) is 14. The number of methoxy groups -OCH3 is 2. The summed E-state index contributed by atoms with van der Waals surface area (Å²) in [5, 5.41) is 19.6. The summed E-state index contributed by atoms with van der Waals surface area (Å²) in [4.78, 5) is 126. The Morgan fingerprint density at radius 2 is 1.60 bits per heavy atom. The molecule has 418 valence electrons. The Morgan fingerprint density at radius 3 is 2.23 bits per heavy atom. The van der Waals surface area contributed by atoms with E-state index in [-0.39, 0.29) is 61.7 Å². The molecule has 7 amide bonds. The Labute approximate surface area is 441 Å². The summed E-state index contributed by atoms with van der Waals surface area (Å²) in [7, 11) is 6.38. The number of hydrogen-bond donors (Lipinski definition) is 4. The second kappa shape index (κ2) is 28.6. The molecule has 21 heteroatoms. The molecule has 21 nitrogen and oxygen atoms in total. The highest BCUT2D eigenvalue weighted by atomic mass is 16.7. The van der Waals surface area contributed by atoms with E-state index in [0.29, 0.717) is 69.8 Å². The van der Waals surface area contributed by atoms with Crippen molar-refractivity contribution in [2.24, 2.45) is 17.8 Å². The highest BCUT2D eigenvalue weighted by molar-refractivity contribution is 6.01. The molecule has 2 aromatic rings. The molecule has 75 heavy (non-hydrogen) atoms.